The molecule has 1 aliphatic heterocycles. The second kappa shape index (κ2) is 6.18. The SMILES string of the molecule is CC(=O)N1CCc2cc(Br)cc(S(=O)(=O)Nc3ccc(F)cc3)c21. The standard InChI is InChI=1S/C16H14BrFN2O3S/c1-10(21)20-7-6-11-8-12(17)9-15(16(11)20)24(22,23)19-14-4-2-13(18)3-5-14/h2-5,8-9,19H,6-7H2,1H3. The summed E-state index contributed by atoms with van der Waals surface area (Å²) in [5.74, 6) is -0.668. The van der Waals surface area contributed by atoms with Gasteiger partial charge >= 0.3 is 0 Å². The summed E-state index contributed by atoms with van der Waals surface area (Å²) in [4.78, 5) is 13.3. The van der Waals surface area contributed by atoms with E-state index < -0.39 is 15.8 Å². The van der Waals surface area contributed by atoms with Crippen LogP contribution in [0.2, 0.25) is 0 Å². The third-order valence-electron chi connectivity index (χ3n) is 3.76. The molecule has 24 heavy (non-hydrogen) atoms. The molecule has 0 atom stereocenters. The van der Waals surface area contributed by atoms with Crippen molar-refractivity contribution in [1.82, 2.24) is 0 Å². The van der Waals surface area contributed by atoms with Crippen molar-refractivity contribution < 1.29 is 17.6 Å². The minimum absolute atomic E-state index is 0.0175. The van der Waals surface area contributed by atoms with Crippen molar-refractivity contribution in [2.24, 2.45) is 0 Å². The molecular formula is C16H14BrFN2O3S. The quantitative estimate of drug-likeness (QED) is 0.840. The first-order valence-corrected chi connectivity index (χ1v) is 9.44. The van der Waals surface area contributed by atoms with Gasteiger partial charge in [-0.1, -0.05) is 15.9 Å². The molecule has 3 rings (SSSR count). The third-order valence-corrected chi connectivity index (χ3v) is 5.61. The Labute approximate surface area is 147 Å². The molecule has 1 heterocycles. The molecular weight excluding hydrogens is 399 g/mol. The first-order chi connectivity index (χ1) is 11.3. The predicted octanol–water partition coefficient (Wildman–Crippen LogP) is 3.30. The molecule has 0 unspecified atom stereocenters. The van der Waals surface area contributed by atoms with E-state index in [1.165, 1.54) is 42.2 Å². The number of halogens is 2. The molecule has 126 valence electrons. The van der Waals surface area contributed by atoms with Crippen LogP contribution in [0.1, 0.15) is 12.5 Å². The van der Waals surface area contributed by atoms with E-state index in [1.54, 1.807) is 0 Å². The summed E-state index contributed by atoms with van der Waals surface area (Å²) in [5, 5.41) is 0. The second-order valence-electron chi connectivity index (χ2n) is 5.44. The van der Waals surface area contributed by atoms with Gasteiger partial charge in [-0.2, -0.15) is 0 Å². The molecule has 0 aliphatic carbocycles. The number of sulfonamides is 1. The van der Waals surface area contributed by atoms with Gasteiger partial charge in [0.15, 0.2) is 0 Å². The lowest BCUT2D eigenvalue weighted by molar-refractivity contribution is -0.116. The van der Waals surface area contributed by atoms with Crippen LogP contribution in [0.4, 0.5) is 15.8 Å². The molecule has 0 fully saturated rings. The summed E-state index contributed by atoms with van der Waals surface area (Å²) in [6.45, 7) is 1.85. The number of rotatable bonds is 3. The van der Waals surface area contributed by atoms with E-state index in [2.05, 4.69) is 20.7 Å². The highest BCUT2D eigenvalue weighted by Crippen LogP contribution is 2.38. The fourth-order valence-corrected chi connectivity index (χ4v) is 4.71. The number of fused-ring (bicyclic) bond motifs is 1. The smallest absolute Gasteiger partial charge is 0.264 e. The molecule has 0 saturated carbocycles. The highest BCUT2D eigenvalue weighted by molar-refractivity contribution is 9.10. The highest BCUT2D eigenvalue weighted by atomic mass is 79.9. The van der Waals surface area contributed by atoms with Crippen molar-refractivity contribution in [2.45, 2.75) is 18.2 Å². The van der Waals surface area contributed by atoms with Crippen molar-refractivity contribution in [2.75, 3.05) is 16.2 Å². The second-order valence-corrected chi connectivity index (χ2v) is 8.01. The number of nitrogens with one attached hydrogen (secondary N) is 1. The maximum Gasteiger partial charge on any atom is 0.264 e. The van der Waals surface area contributed by atoms with Gasteiger partial charge in [-0.25, -0.2) is 12.8 Å². The zero-order valence-electron chi connectivity index (χ0n) is 12.7. The van der Waals surface area contributed by atoms with Gasteiger partial charge in [0, 0.05) is 23.6 Å². The van der Waals surface area contributed by atoms with Crippen molar-refractivity contribution in [3.63, 3.8) is 0 Å². The first-order valence-electron chi connectivity index (χ1n) is 7.17. The van der Waals surface area contributed by atoms with Crippen molar-refractivity contribution in [3.05, 3.63) is 52.3 Å². The van der Waals surface area contributed by atoms with Crippen molar-refractivity contribution in [3.8, 4) is 0 Å². The molecule has 5 nitrogen and oxygen atoms in total. The van der Waals surface area contributed by atoms with Gasteiger partial charge in [-0.3, -0.25) is 9.52 Å². The number of amides is 1. The Morgan fingerprint density at radius 2 is 1.92 bits per heavy atom. The molecule has 2 aromatic carbocycles. The van der Waals surface area contributed by atoms with E-state index >= 15 is 0 Å². The van der Waals surface area contributed by atoms with Gasteiger partial charge < -0.3 is 4.90 Å². The average molecular weight is 413 g/mol. The van der Waals surface area contributed by atoms with Gasteiger partial charge in [0.25, 0.3) is 10.0 Å². The van der Waals surface area contributed by atoms with E-state index in [9.17, 15) is 17.6 Å². The maximum absolute atomic E-state index is 13.0. The lowest BCUT2D eigenvalue weighted by Gasteiger charge is -2.19. The zero-order valence-corrected chi connectivity index (χ0v) is 15.1. The van der Waals surface area contributed by atoms with Gasteiger partial charge in [0.2, 0.25) is 5.91 Å². The fraction of sp³-hybridized carbons (Fsp3) is 0.188. The average Bonchev–Trinajstić information content (AvgIpc) is 2.92. The topological polar surface area (TPSA) is 66.5 Å². The number of anilines is 2. The molecule has 1 amide bonds. The highest BCUT2D eigenvalue weighted by Gasteiger charge is 2.31. The summed E-state index contributed by atoms with van der Waals surface area (Å²) in [6.07, 6.45) is 0.591. The molecule has 0 radical (unpaired) electrons. The summed E-state index contributed by atoms with van der Waals surface area (Å²) in [5.41, 5.74) is 1.44. The maximum atomic E-state index is 13.0. The molecule has 0 aromatic heterocycles. The monoisotopic (exact) mass is 412 g/mol. The van der Waals surface area contributed by atoms with E-state index in [0.29, 0.717) is 23.1 Å². The Morgan fingerprint density at radius 1 is 1.25 bits per heavy atom. The lowest BCUT2D eigenvalue weighted by Crippen LogP contribution is -2.28. The van der Waals surface area contributed by atoms with Crippen LogP contribution in [-0.2, 0) is 21.2 Å². The largest absolute Gasteiger partial charge is 0.311 e. The molecule has 1 N–H and O–H groups in total. The summed E-state index contributed by atoms with van der Waals surface area (Å²) in [6, 6.07) is 8.30. The Kier molecular flexibility index (Phi) is 4.35. The Morgan fingerprint density at radius 3 is 2.54 bits per heavy atom. The number of benzene rings is 2. The van der Waals surface area contributed by atoms with Crippen molar-refractivity contribution >= 4 is 43.2 Å². The predicted molar refractivity (Wildman–Crippen MR) is 93.1 cm³/mol. The minimum atomic E-state index is -3.94. The Bertz CT molecular complexity index is 914. The molecule has 8 heteroatoms. The van der Waals surface area contributed by atoms with Crippen molar-refractivity contribution in [1.29, 1.82) is 0 Å². The van der Waals surface area contributed by atoms with E-state index in [-0.39, 0.29) is 16.5 Å². The normalized spacial score (nSPS) is 13.7. The fourth-order valence-electron chi connectivity index (χ4n) is 2.72. The van der Waals surface area contributed by atoms with Crippen LogP contribution < -0.4 is 9.62 Å². The molecule has 2 aromatic rings. The molecule has 0 spiro atoms. The lowest BCUT2D eigenvalue weighted by atomic mass is 10.2. The summed E-state index contributed by atoms with van der Waals surface area (Å²) < 4.78 is 41.6. The number of hydrogen-bond acceptors (Lipinski definition) is 3. The van der Waals surface area contributed by atoms with Crippen LogP contribution in [0, 0.1) is 5.82 Å². The van der Waals surface area contributed by atoms with Gasteiger partial charge in [-0.05, 0) is 48.4 Å². The number of nitrogens with zero attached hydrogens (tertiary/aromatic N) is 1. The molecule has 1 aliphatic rings. The van der Waals surface area contributed by atoms with Gasteiger partial charge in [0.05, 0.1) is 5.69 Å². The van der Waals surface area contributed by atoms with Crippen LogP contribution in [0.15, 0.2) is 45.8 Å². The minimum Gasteiger partial charge on any atom is -0.311 e. The van der Waals surface area contributed by atoms with E-state index in [1.807, 2.05) is 6.07 Å². The van der Waals surface area contributed by atoms with Crippen LogP contribution in [-0.4, -0.2) is 20.9 Å². The summed E-state index contributed by atoms with van der Waals surface area (Å²) in [7, 11) is -3.94. The van der Waals surface area contributed by atoms with Crippen LogP contribution in [0.3, 0.4) is 0 Å². The zero-order chi connectivity index (χ0) is 17.5. The number of carbonyl (C=O) groups is 1. The van der Waals surface area contributed by atoms with Gasteiger partial charge in [-0.15, -0.1) is 0 Å². The van der Waals surface area contributed by atoms with Crippen LogP contribution in [0.25, 0.3) is 0 Å². The van der Waals surface area contributed by atoms with Crippen LogP contribution in [0.5, 0.6) is 0 Å². The molecule has 0 saturated heterocycles. The van der Waals surface area contributed by atoms with E-state index in [0.717, 1.165) is 5.56 Å². The number of carbonyl (C=O) groups excluding carboxylic acids is 1. The third kappa shape index (κ3) is 3.16. The summed E-state index contributed by atoms with van der Waals surface area (Å²) >= 11 is 3.31. The van der Waals surface area contributed by atoms with Gasteiger partial charge in [0.1, 0.15) is 10.7 Å². The Hall–Kier alpha value is -1.93. The molecule has 0 bridgehead atoms. The van der Waals surface area contributed by atoms with E-state index in [4.69, 9.17) is 0 Å². The van der Waals surface area contributed by atoms with Crippen LogP contribution >= 0.6 is 15.9 Å². The Balaban J connectivity index is 2.08. The first kappa shape index (κ1) is 16.9. The number of hydrogen-bond donors (Lipinski definition) is 1.